The number of carbonyl (C=O) groups excluding carboxylic acids is 2. The number of aldehydes is 1. The van der Waals surface area contributed by atoms with E-state index in [1.807, 2.05) is 0 Å². The summed E-state index contributed by atoms with van der Waals surface area (Å²) in [5.74, 6) is -0.854. The van der Waals surface area contributed by atoms with Gasteiger partial charge in [0, 0.05) is 19.4 Å². The number of carbonyl (C=O) groups is 3. The zero-order valence-electron chi connectivity index (χ0n) is 8.96. The van der Waals surface area contributed by atoms with Crippen molar-refractivity contribution in [1.82, 2.24) is 4.90 Å². The van der Waals surface area contributed by atoms with Gasteiger partial charge in [-0.3, -0.25) is 9.59 Å². The van der Waals surface area contributed by atoms with E-state index in [4.69, 9.17) is 5.11 Å². The van der Waals surface area contributed by atoms with Crippen molar-refractivity contribution in [2.24, 2.45) is 0 Å². The highest BCUT2D eigenvalue weighted by Crippen LogP contribution is 2.16. The summed E-state index contributed by atoms with van der Waals surface area (Å²) >= 11 is 0. The van der Waals surface area contributed by atoms with Crippen LogP contribution in [0.15, 0.2) is 12.2 Å². The Hall–Kier alpha value is -1.65. The molecule has 1 fully saturated rings. The predicted octanol–water partition coefficient (Wildman–Crippen LogP) is 0.597. The molecule has 1 unspecified atom stereocenters. The minimum absolute atomic E-state index is 0.0139. The van der Waals surface area contributed by atoms with Gasteiger partial charge in [-0.1, -0.05) is 12.2 Å². The first-order valence-corrected chi connectivity index (χ1v) is 5.26. The molecule has 1 aliphatic heterocycles. The second kappa shape index (κ2) is 6.05. The summed E-state index contributed by atoms with van der Waals surface area (Å²) in [7, 11) is 0. The second-order valence-electron chi connectivity index (χ2n) is 3.69. The quantitative estimate of drug-likeness (QED) is 0.530. The van der Waals surface area contributed by atoms with E-state index in [2.05, 4.69) is 0 Å². The molecule has 5 nitrogen and oxygen atoms in total. The fourth-order valence-corrected chi connectivity index (χ4v) is 1.65. The molecule has 0 radical (unpaired) electrons. The van der Waals surface area contributed by atoms with Crippen LogP contribution in [0.2, 0.25) is 0 Å². The minimum Gasteiger partial charge on any atom is -0.481 e. The van der Waals surface area contributed by atoms with Crippen molar-refractivity contribution in [3.05, 3.63) is 12.2 Å². The molecule has 88 valence electrons. The molecule has 16 heavy (non-hydrogen) atoms. The van der Waals surface area contributed by atoms with E-state index in [0.29, 0.717) is 25.8 Å². The molecule has 1 heterocycles. The maximum Gasteiger partial charge on any atom is 0.303 e. The lowest BCUT2D eigenvalue weighted by atomic mass is 10.2. The lowest BCUT2D eigenvalue weighted by Crippen LogP contribution is -2.33. The number of allylic oxidation sites excluding steroid dienone is 1. The molecule has 1 atom stereocenters. The van der Waals surface area contributed by atoms with Crippen LogP contribution in [0.25, 0.3) is 0 Å². The first-order valence-electron chi connectivity index (χ1n) is 5.26. The van der Waals surface area contributed by atoms with Crippen LogP contribution in [0, 0.1) is 0 Å². The molecule has 1 rings (SSSR count). The number of likely N-dealkylation sites (tertiary alicyclic amines) is 1. The van der Waals surface area contributed by atoms with E-state index in [1.54, 1.807) is 12.2 Å². The third-order valence-electron chi connectivity index (χ3n) is 2.53. The van der Waals surface area contributed by atoms with Gasteiger partial charge < -0.3 is 14.8 Å². The van der Waals surface area contributed by atoms with Crippen molar-refractivity contribution >= 4 is 18.2 Å². The summed E-state index contributed by atoms with van der Waals surface area (Å²) in [5.41, 5.74) is 0. The van der Waals surface area contributed by atoms with Crippen molar-refractivity contribution in [1.29, 1.82) is 0 Å². The van der Waals surface area contributed by atoms with E-state index in [1.165, 1.54) is 4.90 Å². The highest BCUT2D eigenvalue weighted by atomic mass is 16.4. The van der Waals surface area contributed by atoms with E-state index >= 15 is 0 Å². The number of hydrogen-bond acceptors (Lipinski definition) is 3. The SMILES string of the molecule is O=CC1CCC(=O)N1CC=CCCC(=O)O. The van der Waals surface area contributed by atoms with Crippen molar-refractivity contribution in [2.75, 3.05) is 6.54 Å². The largest absolute Gasteiger partial charge is 0.481 e. The van der Waals surface area contributed by atoms with Crippen LogP contribution in [0.3, 0.4) is 0 Å². The third-order valence-corrected chi connectivity index (χ3v) is 2.53. The highest BCUT2D eigenvalue weighted by Gasteiger charge is 2.29. The molecule has 0 aromatic heterocycles. The van der Waals surface area contributed by atoms with Crippen molar-refractivity contribution in [2.45, 2.75) is 31.7 Å². The van der Waals surface area contributed by atoms with Crippen LogP contribution < -0.4 is 0 Å². The summed E-state index contributed by atoms with van der Waals surface area (Å²) in [6.45, 7) is 0.391. The molecule has 0 aliphatic carbocycles. The lowest BCUT2D eigenvalue weighted by molar-refractivity contribution is -0.137. The van der Waals surface area contributed by atoms with Crippen molar-refractivity contribution in [3.63, 3.8) is 0 Å². The summed E-state index contributed by atoms with van der Waals surface area (Å²) in [6.07, 6.45) is 5.79. The first-order chi connectivity index (χ1) is 7.65. The molecule has 5 heteroatoms. The Morgan fingerprint density at radius 2 is 2.25 bits per heavy atom. The number of rotatable bonds is 6. The van der Waals surface area contributed by atoms with Crippen LogP contribution >= 0.6 is 0 Å². The molecule has 1 N–H and O–H groups in total. The van der Waals surface area contributed by atoms with Gasteiger partial charge in [0.25, 0.3) is 0 Å². The van der Waals surface area contributed by atoms with Gasteiger partial charge >= 0.3 is 5.97 Å². The lowest BCUT2D eigenvalue weighted by Gasteiger charge is -2.18. The van der Waals surface area contributed by atoms with Gasteiger partial charge in [-0.2, -0.15) is 0 Å². The van der Waals surface area contributed by atoms with Gasteiger partial charge in [0.1, 0.15) is 6.29 Å². The van der Waals surface area contributed by atoms with E-state index in [9.17, 15) is 14.4 Å². The average Bonchev–Trinajstić information content (AvgIpc) is 2.59. The summed E-state index contributed by atoms with van der Waals surface area (Å²) in [6, 6.07) is -0.309. The van der Waals surface area contributed by atoms with Gasteiger partial charge in [0.05, 0.1) is 6.04 Å². The molecule has 1 amide bonds. The second-order valence-corrected chi connectivity index (χ2v) is 3.69. The average molecular weight is 225 g/mol. The molecule has 1 saturated heterocycles. The zero-order valence-corrected chi connectivity index (χ0v) is 8.96. The van der Waals surface area contributed by atoms with Gasteiger partial charge in [-0.25, -0.2) is 0 Å². The molecule has 0 aromatic rings. The zero-order chi connectivity index (χ0) is 12.0. The number of carboxylic acids is 1. The number of nitrogens with zero attached hydrogens (tertiary/aromatic N) is 1. The van der Waals surface area contributed by atoms with E-state index < -0.39 is 5.97 Å². The Labute approximate surface area is 93.7 Å². The van der Waals surface area contributed by atoms with Gasteiger partial charge in [0.2, 0.25) is 5.91 Å². The maximum absolute atomic E-state index is 11.4. The summed E-state index contributed by atoms with van der Waals surface area (Å²) in [4.78, 5) is 33.7. The predicted molar refractivity (Wildman–Crippen MR) is 56.8 cm³/mol. The first kappa shape index (κ1) is 12.4. The smallest absolute Gasteiger partial charge is 0.303 e. The maximum atomic E-state index is 11.4. The Morgan fingerprint density at radius 3 is 2.88 bits per heavy atom. The fourth-order valence-electron chi connectivity index (χ4n) is 1.65. The van der Waals surface area contributed by atoms with Crippen LogP contribution in [0.5, 0.6) is 0 Å². The van der Waals surface area contributed by atoms with Crippen LogP contribution in [-0.4, -0.2) is 40.8 Å². The molecular formula is C11H15NO4. The van der Waals surface area contributed by atoms with Crippen molar-refractivity contribution < 1.29 is 19.5 Å². The summed E-state index contributed by atoms with van der Waals surface area (Å²) < 4.78 is 0. The topological polar surface area (TPSA) is 74.7 Å². The van der Waals surface area contributed by atoms with Gasteiger partial charge in [0.15, 0.2) is 0 Å². The molecule has 0 spiro atoms. The van der Waals surface area contributed by atoms with Gasteiger partial charge in [-0.15, -0.1) is 0 Å². The Balaban J connectivity index is 2.33. The molecule has 0 bridgehead atoms. The summed E-state index contributed by atoms with van der Waals surface area (Å²) in [5, 5.41) is 8.40. The van der Waals surface area contributed by atoms with E-state index in [0.717, 1.165) is 6.29 Å². The van der Waals surface area contributed by atoms with E-state index in [-0.39, 0.29) is 18.4 Å². The standard InChI is InChI=1S/C11H15NO4/c13-8-9-5-6-10(14)12(9)7-3-1-2-4-11(15)16/h1,3,8-9H,2,4-7H2,(H,15,16). The molecule has 0 aromatic carbocycles. The Morgan fingerprint density at radius 1 is 1.50 bits per heavy atom. The normalized spacial score (nSPS) is 20.6. The fraction of sp³-hybridized carbons (Fsp3) is 0.545. The van der Waals surface area contributed by atoms with Crippen LogP contribution in [-0.2, 0) is 14.4 Å². The Kier molecular flexibility index (Phi) is 4.69. The number of carboxylic acid groups (broad SMARTS) is 1. The third kappa shape index (κ3) is 3.49. The monoisotopic (exact) mass is 225 g/mol. The van der Waals surface area contributed by atoms with Gasteiger partial charge in [-0.05, 0) is 12.8 Å². The molecular weight excluding hydrogens is 210 g/mol. The molecule has 0 saturated carbocycles. The minimum atomic E-state index is -0.840. The number of aliphatic carboxylic acids is 1. The number of hydrogen-bond donors (Lipinski definition) is 1. The molecule has 1 aliphatic rings. The Bertz CT molecular complexity index is 311. The van der Waals surface area contributed by atoms with Crippen LogP contribution in [0.1, 0.15) is 25.7 Å². The van der Waals surface area contributed by atoms with Crippen molar-refractivity contribution in [3.8, 4) is 0 Å². The van der Waals surface area contributed by atoms with Crippen LogP contribution in [0.4, 0.5) is 0 Å². The highest BCUT2D eigenvalue weighted by molar-refractivity contribution is 5.83. The number of amides is 1.